The molecule has 0 aromatic heterocycles. The third-order valence-corrected chi connectivity index (χ3v) is 14.5. The second-order valence-electron chi connectivity index (χ2n) is 18.7. The molecule has 7 atom stereocenters. The second kappa shape index (κ2) is 17.1. The lowest BCUT2D eigenvalue weighted by molar-refractivity contribution is -0.171. The number of nitrogens with one attached hydrogen (secondary N) is 2. The minimum atomic E-state index is -1.63. The number of aliphatic imine (C=N–C) groups is 2. The van der Waals surface area contributed by atoms with Gasteiger partial charge in [-0.05, 0) is 80.9 Å². The Hall–Kier alpha value is -6.60. The highest BCUT2D eigenvalue weighted by atomic mass is 16.5. The Labute approximate surface area is 372 Å². The van der Waals surface area contributed by atoms with E-state index >= 15 is 0 Å². The molecular weight excluding hydrogens is 853 g/mol. The molecule has 0 amide bonds. The van der Waals surface area contributed by atoms with Crippen molar-refractivity contribution in [2.24, 2.45) is 32.1 Å². The van der Waals surface area contributed by atoms with E-state index in [2.05, 4.69) is 10.6 Å². The molecule has 350 valence electrons. The number of rotatable bonds is 18. The number of esters is 1. The Balaban J connectivity index is 1.81. The highest BCUT2D eigenvalue weighted by Crippen LogP contribution is 2.63. The van der Waals surface area contributed by atoms with Gasteiger partial charge in [-0.3, -0.25) is 48.3 Å². The number of fused-ring (bicyclic) bond motifs is 5. The molecule has 0 aromatic rings. The minimum Gasteiger partial charge on any atom is -0.481 e. The third-order valence-electron chi connectivity index (χ3n) is 14.5. The van der Waals surface area contributed by atoms with Crippen LogP contribution in [0.3, 0.4) is 0 Å². The van der Waals surface area contributed by atoms with Crippen LogP contribution < -0.4 is 10.6 Å². The summed E-state index contributed by atoms with van der Waals surface area (Å²) in [7, 11) is 0. The van der Waals surface area contributed by atoms with Gasteiger partial charge in [0.05, 0.1) is 42.6 Å². The van der Waals surface area contributed by atoms with E-state index in [1.54, 1.807) is 40.7 Å². The van der Waals surface area contributed by atoms with Gasteiger partial charge in [0.15, 0.2) is 0 Å². The molecule has 0 radical (unpaired) electrons. The maximum absolute atomic E-state index is 13.7. The van der Waals surface area contributed by atoms with E-state index in [1.165, 1.54) is 6.08 Å². The largest absolute Gasteiger partial charge is 0.481 e. The van der Waals surface area contributed by atoms with Crippen molar-refractivity contribution in [2.75, 3.05) is 0 Å². The number of ether oxygens (including phenoxy) is 1. The number of hydrogen-bond acceptors (Lipinski definition) is 13. The molecule has 65 heavy (non-hydrogen) atoms. The van der Waals surface area contributed by atoms with Crippen molar-refractivity contribution >= 4 is 59.2 Å². The summed E-state index contributed by atoms with van der Waals surface area (Å²) < 4.78 is 5.99. The van der Waals surface area contributed by atoms with Gasteiger partial charge >= 0.3 is 47.8 Å². The van der Waals surface area contributed by atoms with Gasteiger partial charge in [0.1, 0.15) is 11.6 Å². The Bertz CT molecular complexity index is 2420. The van der Waals surface area contributed by atoms with E-state index in [4.69, 9.17) is 14.7 Å². The normalized spacial score (nSPS) is 31.3. The molecule has 0 aromatic carbocycles. The van der Waals surface area contributed by atoms with Gasteiger partial charge in [-0.1, -0.05) is 13.8 Å². The van der Waals surface area contributed by atoms with Crippen molar-refractivity contribution < 1.29 is 78.8 Å². The van der Waals surface area contributed by atoms with Crippen LogP contribution >= 0.6 is 0 Å². The molecule has 1 spiro atoms. The maximum Gasteiger partial charge on any atom is 0.307 e. The first-order valence-electron chi connectivity index (χ1n) is 21.3. The fraction of sp³-hybridized carbons (Fsp3) is 0.556. The van der Waals surface area contributed by atoms with Gasteiger partial charge in [-0.25, -0.2) is 0 Å². The zero-order valence-electron chi connectivity index (χ0n) is 36.7. The number of carboxylic acids is 7. The zero-order valence-corrected chi connectivity index (χ0v) is 36.7. The smallest absolute Gasteiger partial charge is 0.307 e. The van der Waals surface area contributed by atoms with E-state index < -0.39 is 132 Å². The number of hydrogen-bond donors (Lipinski definition) is 9. The predicted octanol–water partition coefficient (Wildman–Crippen LogP) is 4.43. The van der Waals surface area contributed by atoms with Crippen molar-refractivity contribution in [3.8, 4) is 0 Å². The van der Waals surface area contributed by atoms with Gasteiger partial charge in [0.25, 0.3) is 0 Å². The summed E-state index contributed by atoms with van der Waals surface area (Å²) in [6.45, 7) is 8.15. The Kier molecular flexibility index (Phi) is 12.6. The SMILES string of the molecule is CC1OC(=O)C[C@@]2(C)[C@H](CCC(=O)O)C3=CC4=NC(=C(CCC(=O)O)[C@]4(C)CC(=O)O)C[C@]4(C)N=C(C=C5NC(=C(CC(=O)O)[C@@]5(C)CCC(=O)O)C12N3)C(CCC(=O)O)=C4CC(=O)O. The van der Waals surface area contributed by atoms with Crippen molar-refractivity contribution in [3.05, 3.63) is 57.2 Å². The number of carboxylic acid groups (broad SMARTS) is 7. The Morgan fingerprint density at radius 2 is 1.32 bits per heavy atom. The van der Waals surface area contributed by atoms with Crippen LogP contribution in [0.25, 0.3) is 0 Å². The summed E-state index contributed by atoms with van der Waals surface area (Å²) in [6, 6.07) is 0. The molecule has 0 saturated carbocycles. The van der Waals surface area contributed by atoms with Crippen molar-refractivity contribution in [1.29, 1.82) is 0 Å². The number of carbonyl (C=O) groups is 8. The average molecular weight is 907 g/mol. The summed E-state index contributed by atoms with van der Waals surface area (Å²) >= 11 is 0. The highest BCUT2D eigenvalue weighted by molar-refractivity contribution is 6.13. The second-order valence-corrected chi connectivity index (χ2v) is 18.7. The number of cyclic esters (lactones) is 1. The van der Waals surface area contributed by atoms with Crippen molar-refractivity contribution in [2.45, 2.75) is 135 Å². The lowest BCUT2D eigenvalue weighted by Crippen LogP contribution is -2.66. The van der Waals surface area contributed by atoms with Crippen LogP contribution in [0.2, 0.25) is 0 Å². The van der Waals surface area contributed by atoms with Crippen LogP contribution in [0, 0.1) is 22.2 Å². The van der Waals surface area contributed by atoms with Gasteiger partial charge in [-0.15, -0.1) is 0 Å². The molecule has 2 unspecified atom stereocenters. The third kappa shape index (κ3) is 8.45. The quantitative estimate of drug-likeness (QED) is 0.0859. The monoisotopic (exact) mass is 906 g/mol. The van der Waals surface area contributed by atoms with Crippen LogP contribution in [0.5, 0.6) is 0 Å². The molecule has 2 fully saturated rings. The number of aliphatic carboxylic acids is 7. The number of allylic oxidation sites excluding steroid dienone is 6. The van der Waals surface area contributed by atoms with Crippen LogP contribution in [0.15, 0.2) is 67.2 Å². The molecule has 20 nitrogen and oxygen atoms in total. The lowest BCUT2D eigenvalue weighted by atomic mass is 9.57. The minimum absolute atomic E-state index is 0.0910. The number of carbonyl (C=O) groups excluding carboxylic acids is 1. The molecule has 9 N–H and O–H groups in total. The standard InChI is InChI=1S/C45H54N4O16/c1-21-45-40-26(15-37(60)61)41(2,13-12-35(56)57)30(47-40)16-27-22(6-9-32(50)51)25(14-36(58)59)44(5,48-27)18-29-23(7-10-33(52)53)42(3,19-38(62)63)31(46-29)17-28(49-45)24(8-11-34(54)55)43(45,4)20-39(64)65-21/h16-17,21,24,47,49H,6-15,18-20H2,1-5H3,(H,50,51)(H,52,53)(H,54,55)(H,56,57)(H,58,59)(H,60,61)(H,62,63)/t21?,24-,41-,42+,43+,44+,45?/m1/s1. The molecule has 6 aliphatic rings. The molecule has 0 aliphatic carbocycles. The van der Waals surface area contributed by atoms with Crippen LogP contribution in [-0.4, -0.2) is 112 Å². The molecule has 6 aliphatic heterocycles. The lowest BCUT2D eigenvalue weighted by Gasteiger charge is -2.52. The summed E-state index contributed by atoms with van der Waals surface area (Å²) in [5.74, 6) is -10.2. The first-order chi connectivity index (χ1) is 30.2. The first kappa shape index (κ1) is 47.9. The average Bonchev–Trinajstić information content (AvgIpc) is 3.76. The van der Waals surface area contributed by atoms with Gasteiger partial charge in [0, 0.05) is 77.1 Å². The first-order valence-corrected chi connectivity index (χ1v) is 21.3. The van der Waals surface area contributed by atoms with Crippen molar-refractivity contribution in [3.63, 3.8) is 0 Å². The summed E-state index contributed by atoms with van der Waals surface area (Å²) in [6.07, 6.45) is -3.02. The summed E-state index contributed by atoms with van der Waals surface area (Å²) in [5, 5.41) is 78.2. The van der Waals surface area contributed by atoms with E-state index in [-0.39, 0.29) is 83.8 Å². The number of nitrogens with zero attached hydrogens (tertiary/aromatic N) is 2. The van der Waals surface area contributed by atoms with Crippen LogP contribution in [0.4, 0.5) is 0 Å². The fourth-order valence-corrected chi connectivity index (χ4v) is 11.4. The summed E-state index contributed by atoms with van der Waals surface area (Å²) in [5.41, 5.74) is -5.46. The summed E-state index contributed by atoms with van der Waals surface area (Å²) in [4.78, 5) is 111. The van der Waals surface area contributed by atoms with E-state index in [0.29, 0.717) is 11.3 Å². The Morgan fingerprint density at radius 3 is 1.91 bits per heavy atom. The molecule has 6 heterocycles. The van der Waals surface area contributed by atoms with Gasteiger partial charge in [0.2, 0.25) is 0 Å². The molecule has 2 saturated heterocycles. The molecule has 8 bridgehead atoms. The van der Waals surface area contributed by atoms with E-state index in [1.807, 2.05) is 0 Å². The molecular formula is C45H54N4O16. The predicted molar refractivity (Wildman–Crippen MR) is 226 cm³/mol. The highest BCUT2D eigenvalue weighted by Gasteiger charge is 2.70. The van der Waals surface area contributed by atoms with Crippen LogP contribution in [-0.2, 0) is 43.1 Å². The Morgan fingerprint density at radius 1 is 0.723 bits per heavy atom. The zero-order chi connectivity index (χ0) is 48.2. The molecule has 20 heteroatoms. The topological polar surface area (TPSA) is 336 Å². The fourth-order valence-electron chi connectivity index (χ4n) is 11.4. The van der Waals surface area contributed by atoms with Gasteiger partial charge in [-0.2, -0.15) is 0 Å². The maximum atomic E-state index is 13.7. The van der Waals surface area contributed by atoms with Crippen LogP contribution in [0.1, 0.15) is 118 Å². The van der Waals surface area contributed by atoms with E-state index in [0.717, 1.165) is 0 Å². The van der Waals surface area contributed by atoms with Gasteiger partial charge < -0.3 is 51.1 Å². The van der Waals surface area contributed by atoms with E-state index in [9.17, 15) is 74.1 Å². The van der Waals surface area contributed by atoms with Crippen molar-refractivity contribution in [1.82, 2.24) is 10.6 Å². The molecule has 6 rings (SSSR count).